The number of allylic oxidation sites excluding steroid dienone is 3. The first-order valence-electron chi connectivity index (χ1n) is 9.73. The zero-order valence-electron chi connectivity index (χ0n) is 16.6. The maximum absolute atomic E-state index is 13.4. The SMILES string of the molecule is CC1=C(C(=O)OC(Cl)(Cl)Cl)[C@@H](c2ccncc2)C2=C(C[C@@H](c3ccccc3)CC2=O)N1. The molecule has 0 amide bonds. The Balaban J connectivity index is 1.78. The summed E-state index contributed by atoms with van der Waals surface area (Å²) in [4.78, 5) is 30.4. The van der Waals surface area contributed by atoms with Crippen molar-refractivity contribution in [1.82, 2.24) is 10.3 Å². The van der Waals surface area contributed by atoms with Gasteiger partial charge in [0, 0.05) is 41.7 Å². The Bertz CT molecular complexity index is 1080. The van der Waals surface area contributed by atoms with E-state index >= 15 is 0 Å². The van der Waals surface area contributed by atoms with Crippen molar-refractivity contribution in [3.05, 3.63) is 88.5 Å². The molecular formula is C23H19Cl3N2O3. The first-order chi connectivity index (χ1) is 14.7. The second-order valence-corrected chi connectivity index (χ2v) is 9.72. The Kier molecular flexibility index (Phi) is 6.11. The first kappa shape index (κ1) is 21.9. The monoisotopic (exact) mass is 476 g/mol. The smallest absolute Gasteiger partial charge is 0.341 e. The molecule has 0 radical (unpaired) electrons. The lowest BCUT2D eigenvalue weighted by atomic mass is 9.72. The molecule has 4 rings (SSSR count). The van der Waals surface area contributed by atoms with Crippen molar-refractivity contribution < 1.29 is 14.3 Å². The van der Waals surface area contributed by atoms with E-state index in [2.05, 4.69) is 10.3 Å². The van der Waals surface area contributed by atoms with Crippen LogP contribution in [0.5, 0.6) is 0 Å². The molecule has 1 aliphatic heterocycles. The number of hydrogen-bond acceptors (Lipinski definition) is 5. The van der Waals surface area contributed by atoms with Gasteiger partial charge in [-0.25, -0.2) is 4.79 Å². The number of carbonyl (C=O) groups is 2. The van der Waals surface area contributed by atoms with Gasteiger partial charge in [-0.1, -0.05) is 30.3 Å². The van der Waals surface area contributed by atoms with E-state index in [1.54, 1.807) is 31.5 Å². The summed E-state index contributed by atoms with van der Waals surface area (Å²) in [6, 6.07) is 13.5. The quantitative estimate of drug-likeness (QED) is 0.479. The number of nitrogens with one attached hydrogen (secondary N) is 1. The van der Waals surface area contributed by atoms with Gasteiger partial charge in [0.05, 0.1) is 5.57 Å². The molecule has 1 aliphatic carbocycles. The summed E-state index contributed by atoms with van der Waals surface area (Å²) in [6.45, 7) is 1.75. The number of alkyl halides is 3. The van der Waals surface area contributed by atoms with Gasteiger partial charge in [-0.15, -0.1) is 0 Å². The number of ether oxygens (including phenoxy) is 1. The number of carbonyl (C=O) groups excluding carboxylic acids is 2. The van der Waals surface area contributed by atoms with Crippen molar-refractivity contribution in [2.75, 3.05) is 0 Å². The van der Waals surface area contributed by atoms with Crippen molar-refractivity contribution >= 4 is 46.6 Å². The first-order valence-corrected chi connectivity index (χ1v) is 10.9. The third-order valence-electron chi connectivity index (χ3n) is 5.57. The molecule has 0 bridgehead atoms. The molecule has 0 unspecified atom stereocenters. The maximum Gasteiger partial charge on any atom is 0.341 e. The van der Waals surface area contributed by atoms with Gasteiger partial charge in [-0.2, -0.15) is 0 Å². The lowest BCUT2D eigenvalue weighted by Crippen LogP contribution is -2.36. The van der Waals surface area contributed by atoms with E-state index < -0.39 is 15.9 Å². The average Bonchev–Trinajstić information content (AvgIpc) is 2.72. The average molecular weight is 478 g/mol. The van der Waals surface area contributed by atoms with Gasteiger partial charge in [0.15, 0.2) is 5.78 Å². The van der Waals surface area contributed by atoms with Crippen molar-refractivity contribution in [3.63, 3.8) is 0 Å². The summed E-state index contributed by atoms with van der Waals surface area (Å²) in [7, 11) is 0. The maximum atomic E-state index is 13.4. The fourth-order valence-electron chi connectivity index (χ4n) is 4.32. The number of nitrogens with zero attached hydrogens (tertiary/aromatic N) is 1. The Morgan fingerprint density at radius 3 is 2.39 bits per heavy atom. The number of esters is 1. The van der Waals surface area contributed by atoms with Crippen LogP contribution < -0.4 is 5.32 Å². The lowest BCUT2D eigenvalue weighted by Gasteiger charge is -2.36. The number of aromatic nitrogens is 1. The molecular weight excluding hydrogens is 459 g/mol. The summed E-state index contributed by atoms with van der Waals surface area (Å²) < 4.78 is 2.80. The zero-order chi connectivity index (χ0) is 22.2. The molecule has 1 aromatic carbocycles. The summed E-state index contributed by atoms with van der Waals surface area (Å²) in [5, 5.41) is 3.26. The van der Waals surface area contributed by atoms with Crippen LogP contribution in [-0.4, -0.2) is 20.7 Å². The normalized spacial score (nSPS) is 21.5. The second-order valence-electron chi connectivity index (χ2n) is 7.54. The van der Waals surface area contributed by atoms with Gasteiger partial charge in [-0.05, 0) is 77.3 Å². The minimum Gasteiger partial charge on any atom is -0.411 e. The van der Waals surface area contributed by atoms with Crippen LogP contribution in [0.4, 0.5) is 0 Å². The van der Waals surface area contributed by atoms with Crippen LogP contribution in [-0.2, 0) is 14.3 Å². The van der Waals surface area contributed by atoms with Gasteiger partial charge >= 0.3 is 9.95 Å². The van der Waals surface area contributed by atoms with Crippen LogP contribution >= 0.6 is 34.8 Å². The van der Waals surface area contributed by atoms with Gasteiger partial charge in [0.2, 0.25) is 0 Å². The van der Waals surface area contributed by atoms with E-state index in [4.69, 9.17) is 39.5 Å². The molecule has 2 aromatic rings. The van der Waals surface area contributed by atoms with Crippen molar-refractivity contribution in [1.29, 1.82) is 0 Å². The summed E-state index contributed by atoms with van der Waals surface area (Å²) in [5.74, 6) is -1.41. The fraction of sp³-hybridized carbons (Fsp3) is 0.261. The molecule has 31 heavy (non-hydrogen) atoms. The predicted molar refractivity (Wildman–Crippen MR) is 120 cm³/mol. The molecule has 1 N–H and O–H groups in total. The number of dihydropyridines is 1. The molecule has 0 saturated heterocycles. The predicted octanol–water partition coefficient (Wildman–Crippen LogP) is 5.31. The van der Waals surface area contributed by atoms with Crippen LogP contribution in [0.25, 0.3) is 0 Å². The van der Waals surface area contributed by atoms with Crippen molar-refractivity contribution in [2.45, 2.75) is 35.6 Å². The molecule has 160 valence electrons. The number of benzene rings is 1. The van der Waals surface area contributed by atoms with Gasteiger partial charge < -0.3 is 10.1 Å². The standard InChI is InChI=1S/C23H19Cl3N2O3/c1-13-19(22(30)31-23(24,25)26)20(15-7-9-27-10-8-15)21-17(28-13)11-16(12-18(21)29)14-5-3-2-4-6-14/h2-10,16,20,28H,11-12H2,1H3/t16-,20-/m1/s1. The van der Waals surface area contributed by atoms with Gasteiger partial charge in [-0.3, -0.25) is 9.78 Å². The number of Topliss-reactive ketones (excluding diaryl/α,β-unsaturated/α-hetero) is 1. The summed E-state index contributed by atoms with van der Waals surface area (Å²) in [6.07, 6.45) is 4.23. The Hall–Kier alpha value is -2.34. The molecule has 8 heteroatoms. The Labute approximate surface area is 195 Å². The number of pyridine rings is 1. The molecule has 2 aliphatic rings. The van der Waals surface area contributed by atoms with Gasteiger partial charge in [0.25, 0.3) is 0 Å². The molecule has 2 heterocycles. The summed E-state index contributed by atoms with van der Waals surface area (Å²) >= 11 is 17.1. The highest BCUT2D eigenvalue weighted by Crippen LogP contribution is 2.46. The summed E-state index contributed by atoms with van der Waals surface area (Å²) in [5.41, 5.74) is 3.98. The third kappa shape index (κ3) is 4.64. The van der Waals surface area contributed by atoms with Crippen LogP contribution in [0, 0.1) is 0 Å². The van der Waals surface area contributed by atoms with Crippen LogP contribution in [0.15, 0.2) is 77.4 Å². The van der Waals surface area contributed by atoms with E-state index in [1.807, 2.05) is 30.3 Å². The topological polar surface area (TPSA) is 68.3 Å². The zero-order valence-corrected chi connectivity index (χ0v) is 18.8. The number of rotatable bonds is 3. The molecule has 0 saturated carbocycles. The molecule has 2 atom stereocenters. The van der Waals surface area contributed by atoms with E-state index in [0.29, 0.717) is 24.1 Å². The molecule has 0 fully saturated rings. The third-order valence-corrected chi connectivity index (χ3v) is 5.80. The lowest BCUT2D eigenvalue weighted by molar-refractivity contribution is -0.140. The second kappa shape index (κ2) is 8.65. The number of ketones is 1. The van der Waals surface area contributed by atoms with Crippen molar-refractivity contribution in [3.8, 4) is 0 Å². The number of halogens is 3. The van der Waals surface area contributed by atoms with Crippen LogP contribution in [0.1, 0.15) is 42.7 Å². The van der Waals surface area contributed by atoms with E-state index in [9.17, 15) is 9.59 Å². The van der Waals surface area contributed by atoms with E-state index in [0.717, 1.165) is 16.8 Å². The van der Waals surface area contributed by atoms with Crippen LogP contribution in [0.3, 0.4) is 0 Å². The largest absolute Gasteiger partial charge is 0.411 e. The van der Waals surface area contributed by atoms with Crippen molar-refractivity contribution in [2.24, 2.45) is 0 Å². The molecule has 1 aromatic heterocycles. The highest BCUT2D eigenvalue weighted by molar-refractivity contribution is 6.66. The Morgan fingerprint density at radius 2 is 1.74 bits per heavy atom. The minimum atomic E-state index is -2.21. The van der Waals surface area contributed by atoms with Crippen LogP contribution in [0.2, 0.25) is 0 Å². The van der Waals surface area contributed by atoms with E-state index in [-0.39, 0.29) is 17.3 Å². The number of hydrogen-bond donors (Lipinski definition) is 1. The highest BCUT2D eigenvalue weighted by Gasteiger charge is 2.42. The fourth-order valence-corrected chi connectivity index (χ4v) is 4.53. The Morgan fingerprint density at radius 1 is 1.06 bits per heavy atom. The van der Waals surface area contributed by atoms with Gasteiger partial charge in [0.1, 0.15) is 0 Å². The molecule has 5 nitrogen and oxygen atoms in total. The van der Waals surface area contributed by atoms with E-state index in [1.165, 1.54) is 0 Å². The molecule has 0 spiro atoms. The minimum absolute atomic E-state index is 0.0314. The highest BCUT2D eigenvalue weighted by atomic mass is 35.6.